The van der Waals surface area contributed by atoms with E-state index >= 15 is 0 Å². The maximum Gasteiger partial charge on any atom is 0.208 e. The third kappa shape index (κ3) is 10.5. The molecule has 324 valence electrons. The van der Waals surface area contributed by atoms with Gasteiger partial charge in [0.2, 0.25) is 22.4 Å². The zero-order valence-electron chi connectivity index (χ0n) is 38.7. The van der Waals surface area contributed by atoms with Gasteiger partial charge in [-0.1, -0.05) is 122 Å². The van der Waals surface area contributed by atoms with Crippen LogP contribution in [0.15, 0.2) is 42.2 Å². The van der Waals surface area contributed by atoms with E-state index < -0.39 is 31.1 Å². The summed E-state index contributed by atoms with van der Waals surface area (Å²) < 4.78 is 21.8. The lowest BCUT2D eigenvalue weighted by molar-refractivity contribution is 0.0971. The van der Waals surface area contributed by atoms with E-state index in [-0.39, 0.29) is 28.9 Å². The normalized spacial score (nSPS) is 19.1. The van der Waals surface area contributed by atoms with Gasteiger partial charge in [0.25, 0.3) is 0 Å². The molecule has 1 saturated carbocycles. The van der Waals surface area contributed by atoms with Gasteiger partial charge in [-0.15, -0.1) is 11.3 Å². The Hall–Kier alpha value is -1.78. The highest BCUT2D eigenvalue weighted by Crippen LogP contribution is 2.48. The summed E-state index contributed by atoms with van der Waals surface area (Å²) in [6.45, 7) is 40.0. The molecule has 0 radical (unpaired) electrons. The van der Waals surface area contributed by atoms with Crippen molar-refractivity contribution in [1.29, 1.82) is 0 Å². The molecule has 4 atom stereocenters. The Morgan fingerprint density at radius 3 is 2.02 bits per heavy atom. The molecule has 3 aromatic rings. The molecule has 3 heterocycles. The fourth-order valence-corrected chi connectivity index (χ4v) is 23.0. The largest absolute Gasteiger partial charge is 0.416 e. The summed E-state index contributed by atoms with van der Waals surface area (Å²) in [7, 11) is -6.54. The second kappa shape index (κ2) is 19.5. The van der Waals surface area contributed by atoms with Crippen LogP contribution in [0.25, 0.3) is 0 Å². The summed E-state index contributed by atoms with van der Waals surface area (Å²) in [5.41, 5.74) is 4.62. The summed E-state index contributed by atoms with van der Waals surface area (Å²) in [4.78, 5) is 28.9. The summed E-state index contributed by atoms with van der Waals surface area (Å²) in [5, 5.41) is 6.30. The van der Waals surface area contributed by atoms with Gasteiger partial charge >= 0.3 is 0 Å². The monoisotopic (exact) mass is 886 g/mol. The van der Waals surface area contributed by atoms with E-state index in [1.165, 1.54) is 17.7 Å². The van der Waals surface area contributed by atoms with Crippen molar-refractivity contribution in [2.24, 2.45) is 5.92 Å². The lowest BCUT2D eigenvalue weighted by atomic mass is 10.1. The molecule has 0 saturated heterocycles. The topological polar surface area (TPSA) is 95.5 Å². The van der Waals surface area contributed by atoms with Gasteiger partial charge in [-0.2, -0.15) is 0 Å². The molecule has 4 rings (SSSR count). The van der Waals surface area contributed by atoms with Crippen molar-refractivity contribution in [1.82, 2.24) is 15.0 Å². The van der Waals surface area contributed by atoms with Crippen molar-refractivity contribution in [2.75, 3.05) is 11.9 Å². The molecule has 0 amide bonds. The molecule has 1 aliphatic carbocycles. The van der Waals surface area contributed by atoms with Crippen molar-refractivity contribution >= 4 is 59.5 Å². The average Bonchev–Trinajstić information content (AvgIpc) is 3.76. The fraction of sp³-hybridized carbons (Fsp3) is 0.689. The molecule has 1 N–H and O–H groups in total. The smallest absolute Gasteiger partial charge is 0.208 e. The number of carbonyl (C=O) groups is 1. The Morgan fingerprint density at radius 1 is 0.897 bits per heavy atom. The van der Waals surface area contributed by atoms with Crippen molar-refractivity contribution in [3.8, 4) is 0 Å². The Bertz CT molecular complexity index is 1770. The number of thiophene rings is 1. The minimum absolute atomic E-state index is 0.0530. The van der Waals surface area contributed by atoms with E-state index in [9.17, 15) is 4.79 Å². The van der Waals surface area contributed by atoms with E-state index in [0.29, 0.717) is 61.3 Å². The standard InChI is InChI=1S/C45H75ClN4O4SSi3/c1-28(2)57(29(3)4,30(5)6)53-39-23-36(21-34(39)25-52-56(16,17)45(13,14)15)49-44-37(24-47-27-48-44)42(51)40-22-35(26-55-40)43(38-19-18-20-41(46)50-38)54-58(31(7)8,32(9)10)33(11)12/h18-20,22,24,26-34,36,39,43H,21,23,25H2,1-17H3,(H,47,48,49)/t34-,36-,39+,43?/m1/s1. The number of aromatic nitrogens is 3. The van der Waals surface area contributed by atoms with Gasteiger partial charge < -0.3 is 18.6 Å². The third-order valence-electron chi connectivity index (χ3n) is 13.6. The van der Waals surface area contributed by atoms with Crippen LogP contribution in [0.2, 0.25) is 56.5 Å². The third-order valence-corrected chi connectivity index (χ3v) is 31.5. The van der Waals surface area contributed by atoms with Gasteiger partial charge in [-0.05, 0) is 93.4 Å². The van der Waals surface area contributed by atoms with Gasteiger partial charge in [0.15, 0.2) is 8.32 Å². The zero-order valence-corrected chi connectivity index (χ0v) is 43.3. The number of ketones is 1. The van der Waals surface area contributed by atoms with Crippen LogP contribution >= 0.6 is 22.9 Å². The first kappa shape index (κ1) is 48.9. The Balaban J connectivity index is 1.67. The molecule has 0 aliphatic heterocycles. The number of halogens is 1. The summed E-state index contributed by atoms with van der Waals surface area (Å²) in [6.07, 6.45) is 4.46. The van der Waals surface area contributed by atoms with E-state index in [1.807, 2.05) is 23.6 Å². The van der Waals surface area contributed by atoms with E-state index in [2.05, 4.69) is 132 Å². The molecule has 3 aromatic heterocycles. The second-order valence-electron chi connectivity index (χ2n) is 20.2. The van der Waals surface area contributed by atoms with Gasteiger partial charge in [0.1, 0.15) is 23.4 Å². The molecule has 0 aromatic carbocycles. The molecule has 0 bridgehead atoms. The highest BCUT2D eigenvalue weighted by Gasteiger charge is 2.51. The quantitative estimate of drug-likeness (QED) is 0.0722. The maximum atomic E-state index is 14.5. The summed E-state index contributed by atoms with van der Waals surface area (Å²) >= 11 is 7.89. The highest BCUT2D eigenvalue weighted by atomic mass is 35.5. The van der Waals surface area contributed by atoms with Crippen molar-refractivity contribution in [3.05, 3.63) is 69.0 Å². The Kier molecular flexibility index (Phi) is 16.4. The number of anilines is 1. The highest BCUT2D eigenvalue weighted by molar-refractivity contribution is 7.12. The van der Waals surface area contributed by atoms with Crippen molar-refractivity contribution < 1.29 is 18.1 Å². The lowest BCUT2D eigenvalue weighted by Gasteiger charge is -2.45. The molecule has 1 unspecified atom stereocenters. The minimum Gasteiger partial charge on any atom is -0.416 e. The van der Waals surface area contributed by atoms with E-state index in [0.717, 1.165) is 24.1 Å². The number of nitrogens with one attached hydrogen (secondary N) is 1. The lowest BCUT2D eigenvalue weighted by Crippen LogP contribution is -2.51. The molecule has 8 nitrogen and oxygen atoms in total. The fourth-order valence-electron chi connectivity index (χ4n) is 9.75. The molecule has 1 aliphatic rings. The molecule has 13 heteroatoms. The van der Waals surface area contributed by atoms with Crippen LogP contribution in [0.1, 0.15) is 149 Å². The molecule has 0 spiro atoms. The van der Waals surface area contributed by atoms with Crippen molar-refractivity contribution in [2.45, 2.75) is 186 Å². The number of hydrogen-bond donors (Lipinski definition) is 1. The average molecular weight is 888 g/mol. The van der Waals surface area contributed by atoms with Crippen LogP contribution in [0.3, 0.4) is 0 Å². The number of carbonyl (C=O) groups excluding carboxylic acids is 1. The second-order valence-corrected chi connectivity index (χ2v) is 37.1. The predicted octanol–water partition coefficient (Wildman–Crippen LogP) is 13.9. The van der Waals surface area contributed by atoms with Crippen LogP contribution in [0.4, 0.5) is 5.82 Å². The molecule has 1 fully saturated rings. The Morgan fingerprint density at radius 2 is 1.48 bits per heavy atom. The number of pyridine rings is 1. The van der Waals surface area contributed by atoms with Crippen LogP contribution in [0.5, 0.6) is 0 Å². The van der Waals surface area contributed by atoms with Gasteiger partial charge in [0.05, 0.1) is 22.2 Å². The molecular weight excluding hydrogens is 812 g/mol. The van der Waals surface area contributed by atoms with Crippen LogP contribution in [-0.4, -0.2) is 64.4 Å². The summed E-state index contributed by atoms with van der Waals surface area (Å²) in [5.74, 6) is 0.664. The van der Waals surface area contributed by atoms with Crippen molar-refractivity contribution in [3.63, 3.8) is 0 Å². The van der Waals surface area contributed by atoms with Crippen LogP contribution in [0, 0.1) is 5.92 Å². The first-order valence-electron chi connectivity index (χ1n) is 21.7. The number of nitrogens with zero attached hydrogens (tertiary/aromatic N) is 3. The van der Waals surface area contributed by atoms with Gasteiger partial charge in [0, 0.05) is 24.8 Å². The summed E-state index contributed by atoms with van der Waals surface area (Å²) in [6, 6.07) is 7.71. The zero-order chi connectivity index (χ0) is 43.5. The van der Waals surface area contributed by atoms with Gasteiger partial charge in [-0.25, -0.2) is 15.0 Å². The Labute approximate surface area is 363 Å². The predicted molar refractivity (Wildman–Crippen MR) is 252 cm³/mol. The minimum atomic E-state index is -2.37. The maximum absolute atomic E-state index is 14.5. The van der Waals surface area contributed by atoms with E-state index in [1.54, 1.807) is 12.3 Å². The van der Waals surface area contributed by atoms with E-state index in [4.69, 9.17) is 29.9 Å². The van der Waals surface area contributed by atoms with Crippen LogP contribution < -0.4 is 5.32 Å². The number of hydrogen-bond acceptors (Lipinski definition) is 9. The molecule has 58 heavy (non-hydrogen) atoms. The first-order chi connectivity index (χ1) is 26.9. The number of rotatable bonds is 19. The van der Waals surface area contributed by atoms with Gasteiger partial charge in [-0.3, -0.25) is 4.79 Å². The first-order valence-corrected chi connectivity index (χ1v) is 30.1. The molecular formula is C45H75ClN4O4SSi3. The SMILES string of the molecule is CC(C)[Si](OC(c1csc(C(=O)c2cncnc2N[C@@H]2C[C@H](CO[Si](C)(C)C(C)(C)C)[C@@H](O[Si](C(C)C)(C(C)C)C(C)C)C2)c1)c1cccc(Cl)n1)(C(C)C)C(C)C. The van der Waals surface area contributed by atoms with Crippen LogP contribution in [-0.2, 0) is 13.3 Å².